The molecule has 1 aromatic heterocycles. The fourth-order valence-corrected chi connectivity index (χ4v) is 2.14. The Morgan fingerprint density at radius 3 is 2.94 bits per heavy atom. The minimum absolute atomic E-state index is 0.112. The van der Waals surface area contributed by atoms with Crippen LogP contribution in [0.4, 0.5) is 0 Å². The molecule has 0 spiro atoms. The van der Waals surface area contributed by atoms with E-state index in [0.29, 0.717) is 6.42 Å². The number of nitrogens with zero attached hydrogens (tertiary/aromatic N) is 2. The maximum absolute atomic E-state index is 10.9. The molecule has 1 aliphatic rings. The topological polar surface area (TPSA) is 56.0 Å². The molecule has 1 saturated carbocycles. The zero-order chi connectivity index (χ0) is 12.1. The fourth-order valence-electron chi connectivity index (χ4n) is 2.14. The lowest BCUT2D eigenvalue weighted by Gasteiger charge is -2.20. The molecule has 88 valence electrons. The van der Waals surface area contributed by atoms with E-state index in [1.807, 2.05) is 12.1 Å². The number of hydrogen-bond donors (Lipinski definition) is 0. The first-order valence-corrected chi connectivity index (χ1v) is 5.82. The first-order chi connectivity index (χ1) is 8.27. The van der Waals surface area contributed by atoms with Crippen LogP contribution in [0, 0.1) is 27.9 Å². The number of pyridine rings is 1. The fraction of sp³-hybridized carbons (Fsp3) is 0.462. The quantitative estimate of drug-likeness (QED) is 0.422. The molecule has 0 saturated heterocycles. The standard InChI is InChI=1S/C13H14N2O2/c16-15(17)13-6-2-1-5-12(13)8-7-11-4-3-9-14-10-11/h3-4,9-10,12-13H,1-2,5-6H2/t12-,13?/m1/s1. The van der Waals surface area contributed by atoms with Crippen LogP contribution in [0.25, 0.3) is 0 Å². The average molecular weight is 230 g/mol. The molecule has 0 aliphatic heterocycles. The Labute approximate surface area is 100 Å². The summed E-state index contributed by atoms with van der Waals surface area (Å²) in [6.45, 7) is 0. The van der Waals surface area contributed by atoms with E-state index in [0.717, 1.165) is 24.8 Å². The highest BCUT2D eigenvalue weighted by molar-refractivity contribution is 5.32. The van der Waals surface area contributed by atoms with Crippen molar-refractivity contribution < 1.29 is 4.92 Å². The van der Waals surface area contributed by atoms with Gasteiger partial charge in [0.15, 0.2) is 0 Å². The lowest BCUT2D eigenvalue weighted by atomic mass is 9.85. The van der Waals surface area contributed by atoms with E-state index in [-0.39, 0.29) is 10.8 Å². The van der Waals surface area contributed by atoms with Gasteiger partial charge in [-0.1, -0.05) is 18.3 Å². The summed E-state index contributed by atoms with van der Waals surface area (Å²) in [6.07, 6.45) is 6.83. The van der Waals surface area contributed by atoms with Gasteiger partial charge in [0.2, 0.25) is 6.04 Å². The lowest BCUT2D eigenvalue weighted by Crippen LogP contribution is -2.31. The summed E-state index contributed by atoms with van der Waals surface area (Å²) in [5.41, 5.74) is 0.820. The van der Waals surface area contributed by atoms with Gasteiger partial charge in [0.1, 0.15) is 0 Å². The van der Waals surface area contributed by atoms with Gasteiger partial charge in [0.25, 0.3) is 0 Å². The largest absolute Gasteiger partial charge is 0.264 e. The minimum Gasteiger partial charge on any atom is -0.264 e. The van der Waals surface area contributed by atoms with E-state index in [2.05, 4.69) is 16.8 Å². The third kappa shape index (κ3) is 3.04. The summed E-state index contributed by atoms with van der Waals surface area (Å²) in [6, 6.07) is 3.19. The van der Waals surface area contributed by atoms with Gasteiger partial charge in [-0.15, -0.1) is 0 Å². The smallest absolute Gasteiger partial charge is 0.226 e. The highest BCUT2D eigenvalue weighted by atomic mass is 16.6. The van der Waals surface area contributed by atoms with E-state index >= 15 is 0 Å². The maximum atomic E-state index is 10.9. The second-order valence-corrected chi connectivity index (χ2v) is 4.25. The lowest BCUT2D eigenvalue weighted by molar-refractivity contribution is -0.532. The van der Waals surface area contributed by atoms with Gasteiger partial charge in [-0.2, -0.15) is 0 Å². The van der Waals surface area contributed by atoms with Crippen molar-refractivity contribution in [2.45, 2.75) is 31.7 Å². The normalized spacial score (nSPS) is 23.5. The van der Waals surface area contributed by atoms with Crippen molar-refractivity contribution in [1.29, 1.82) is 0 Å². The van der Waals surface area contributed by atoms with E-state index in [1.54, 1.807) is 12.4 Å². The monoisotopic (exact) mass is 230 g/mol. The van der Waals surface area contributed by atoms with Crippen molar-refractivity contribution >= 4 is 0 Å². The summed E-state index contributed by atoms with van der Waals surface area (Å²) in [7, 11) is 0. The summed E-state index contributed by atoms with van der Waals surface area (Å²) in [5, 5.41) is 10.9. The van der Waals surface area contributed by atoms with Crippen LogP contribution in [-0.2, 0) is 0 Å². The molecule has 4 heteroatoms. The van der Waals surface area contributed by atoms with Gasteiger partial charge in [-0.25, -0.2) is 0 Å². The molecule has 4 nitrogen and oxygen atoms in total. The molecule has 1 fully saturated rings. The van der Waals surface area contributed by atoms with Crippen LogP contribution >= 0.6 is 0 Å². The Bertz CT molecular complexity index is 447. The van der Waals surface area contributed by atoms with Crippen LogP contribution in [0.1, 0.15) is 31.2 Å². The highest BCUT2D eigenvalue weighted by Crippen LogP contribution is 2.25. The average Bonchev–Trinajstić information content (AvgIpc) is 2.38. The van der Waals surface area contributed by atoms with Crippen LogP contribution in [0.5, 0.6) is 0 Å². The number of nitro groups is 1. The molecule has 0 N–H and O–H groups in total. The maximum Gasteiger partial charge on any atom is 0.226 e. The molecule has 2 rings (SSSR count). The van der Waals surface area contributed by atoms with Gasteiger partial charge < -0.3 is 0 Å². The van der Waals surface area contributed by atoms with Gasteiger partial charge >= 0.3 is 0 Å². The molecule has 1 unspecified atom stereocenters. The summed E-state index contributed by atoms with van der Waals surface area (Å²) >= 11 is 0. The van der Waals surface area contributed by atoms with Crippen molar-refractivity contribution in [3.8, 4) is 11.8 Å². The Kier molecular flexibility index (Phi) is 3.71. The van der Waals surface area contributed by atoms with Crippen molar-refractivity contribution in [3.05, 3.63) is 40.2 Å². The molecule has 0 amide bonds. The zero-order valence-corrected chi connectivity index (χ0v) is 9.50. The van der Waals surface area contributed by atoms with Crippen LogP contribution in [0.2, 0.25) is 0 Å². The van der Waals surface area contributed by atoms with Crippen molar-refractivity contribution in [3.63, 3.8) is 0 Å². The molecular formula is C13H14N2O2. The Morgan fingerprint density at radius 1 is 1.41 bits per heavy atom. The summed E-state index contributed by atoms with van der Waals surface area (Å²) in [4.78, 5) is 14.7. The number of hydrogen-bond acceptors (Lipinski definition) is 3. The second-order valence-electron chi connectivity index (χ2n) is 4.25. The van der Waals surface area contributed by atoms with Crippen LogP contribution in [0.15, 0.2) is 24.5 Å². The van der Waals surface area contributed by atoms with Crippen molar-refractivity contribution in [1.82, 2.24) is 4.98 Å². The van der Waals surface area contributed by atoms with E-state index in [4.69, 9.17) is 0 Å². The van der Waals surface area contributed by atoms with Gasteiger partial charge in [0, 0.05) is 29.3 Å². The SMILES string of the molecule is O=[N+]([O-])C1CCCC[C@@H]1C#Cc1cccnc1. The molecule has 2 atom stereocenters. The van der Waals surface area contributed by atoms with Crippen LogP contribution in [0.3, 0.4) is 0 Å². The van der Waals surface area contributed by atoms with Gasteiger partial charge in [-0.05, 0) is 25.0 Å². The first kappa shape index (κ1) is 11.6. The Morgan fingerprint density at radius 2 is 2.24 bits per heavy atom. The summed E-state index contributed by atoms with van der Waals surface area (Å²) in [5.74, 6) is 5.91. The van der Waals surface area contributed by atoms with Gasteiger partial charge in [0.05, 0.1) is 5.92 Å². The molecule has 1 aromatic rings. The predicted octanol–water partition coefficient (Wildman–Crippen LogP) is 2.27. The number of rotatable bonds is 1. The third-order valence-electron chi connectivity index (χ3n) is 3.06. The third-order valence-corrected chi connectivity index (χ3v) is 3.06. The molecular weight excluding hydrogens is 216 g/mol. The zero-order valence-electron chi connectivity index (χ0n) is 9.50. The van der Waals surface area contributed by atoms with Crippen LogP contribution in [-0.4, -0.2) is 15.9 Å². The minimum atomic E-state index is -0.493. The van der Waals surface area contributed by atoms with Crippen LogP contribution < -0.4 is 0 Å². The molecule has 1 heterocycles. The molecule has 17 heavy (non-hydrogen) atoms. The first-order valence-electron chi connectivity index (χ1n) is 5.82. The predicted molar refractivity (Wildman–Crippen MR) is 63.9 cm³/mol. The Balaban J connectivity index is 2.11. The van der Waals surface area contributed by atoms with E-state index < -0.39 is 6.04 Å². The molecule has 0 aromatic carbocycles. The molecule has 0 bridgehead atoms. The second kappa shape index (κ2) is 5.44. The highest BCUT2D eigenvalue weighted by Gasteiger charge is 2.32. The van der Waals surface area contributed by atoms with Gasteiger partial charge in [-0.3, -0.25) is 15.1 Å². The van der Waals surface area contributed by atoms with Crippen molar-refractivity contribution in [2.75, 3.05) is 0 Å². The Hall–Kier alpha value is -1.89. The summed E-state index contributed by atoms with van der Waals surface area (Å²) < 4.78 is 0. The van der Waals surface area contributed by atoms with E-state index in [1.165, 1.54) is 0 Å². The van der Waals surface area contributed by atoms with E-state index in [9.17, 15) is 10.1 Å². The molecule has 0 radical (unpaired) electrons. The molecule has 1 aliphatic carbocycles. The number of aromatic nitrogens is 1. The van der Waals surface area contributed by atoms with Crippen molar-refractivity contribution in [2.24, 2.45) is 5.92 Å².